The summed E-state index contributed by atoms with van der Waals surface area (Å²) in [7, 11) is 4.07. The van der Waals surface area contributed by atoms with Gasteiger partial charge in [0.2, 0.25) is 0 Å². The number of nitrogens with zero attached hydrogens (tertiary/aromatic N) is 4. The maximum Gasteiger partial charge on any atom is 0.164 e. The summed E-state index contributed by atoms with van der Waals surface area (Å²) in [6, 6.07) is 10.6. The minimum atomic E-state index is 0.00672. The molecule has 1 N–H and O–H groups in total. The SMILES string of the molecule is CN1CCC2(CC1)CC(=O)c1ccc(-c3c[nH]c4nc(-c5cnn(C)c5)ccc34)cc12. The molecule has 0 atom stereocenters. The van der Waals surface area contributed by atoms with Crippen LogP contribution < -0.4 is 0 Å². The molecular weight excluding hydrogens is 386 g/mol. The van der Waals surface area contributed by atoms with Gasteiger partial charge >= 0.3 is 0 Å². The molecule has 156 valence electrons. The molecule has 1 aliphatic carbocycles. The van der Waals surface area contributed by atoms with Crippen molar-refractivity contribution in [2.75, 3.05) is 20.1 Å². The summed E-state index contributed by atoms with van der Waals surface area (Å²) in [5, 5.41) is 5.34. The normalized spacial score (nSPS) is 18.2. The molecule has 4 heterocycles. The summed E-state index contributed by atoms with van der Waals surface area (Å²) in [5.74, 6) is 0.299. The fourth-order valence-electron chi connectivity index (χ4n) is 5.34. The summed E-state index contributed by atoms with van der Waals surface area (Å²) in [4.78, 5) is 23.3. The van der Waals surface area contributed by atoms with E-state index in [-0.39, 0.29) is 5.41 Å². The van der Waals surface area contributed by atoms with E-state index in [9.17, 15) is 4.79 Å². The Labute approximate surface area is 180 Å². The maximum absolute atomic E-state index is 12.8. The quantitative estimate of drug-likeness (QED) is 0.537. The summed E-state index contributed by atoms with van der Waals surface area (Å²) in [6.45, 7) is 2.09. The van der Waals surface area contributed by atoms with Crippen LogP contribution in [0.4, 0.5) is 0 Å². The molecule has 1 saturated heterocycles. The van der Waals surface area contributed by atoms with Crippen LogP contribution in [0.3, 0.4) is 0 Å². The standard InChI is InChI=1S/C25H25N5O/c1-29-9-7-25(8-10-29)12-23(31)19-4-3-16(11-21(19)25)20-14-26-24-18(20)5-6-22(28-24)17-13-27-30(2)15-17/h3-6,11,13-15H,7-10,12H2,1-2H3,(H,26,28). The lowest BCUT2D eigenvalue weighted by Gasteiger charge is -2.38. The highest BCUT2D eigenvalue weighted by Crippen LogP contribution is 2.47. The molecular formula is C25H25N5O. The van der Waals surface area contributed by atoms with Crippen molar-refractivity contribution < 1.29 is 4.79 Å². The molecule has 0 amide bonds. The minimum Gasteiger partial charge on any atom is -0.345 e. The molecule has 2 aliphatic rings. The number of hydrogen-bond donors (Lipinski definition) is 1. The minimum absolute atomic E-state index is 0.00672. The highest BCUT2D eigenvalue weighted by Gasteiger charge is 2.44. The second-order valence-corrected chi connectivity index (χ2v) is 9.14. The molecule has 0 radical (unpaired) electrons. The Morgan fingerprint density at radius 3 is 2.65 bits per heavy atom. The van der Waals surface area contributed by atoms with Crippen molar-refractivity contribution in [1.29, 1.82) is 0 Å². The van der Waals surface area contributed by atoms with Crippen LogP contribution in [-0.2, 0) is 12.5 Å². The smallest absolute Gasteiger partial charge is 0.164 e. The number of H-pyrrole nitrogens is 1. The Balaban J connectivity index is 1.42. The molecule has 31 heavy (non-hydrogen) atoms. The van der Waals surface area contributed by atoms with Crippen molar-refractivity contribution in [1.82, 2.24) is 24.6 Å². The van der Waals surface area contributed by atoms with Gasteiger partial charge in [-0.05, 0) is 62.3 Å². The second-order valence-electron chi connectivity index (χ2n) is 9.14. The third-order valence-electron chi connectivity index (χ3n) is 7.18. The van der Waals surface area contributed by atoms with Gasteiger partial charge in [-0.15, -0.1) is 0 Å². The number of Topliss-reactive ketones (excluding diaryl/α,β-unsaturated/α-hetero) is 1. The fourth-order valence-corrected chi connectivity index (χ4v) is 5.34. The molecule has 6 rings (SSSR count). The summed E-state index contributed by atoms with van der Waals surface area (Å²) in [5.41, 5.74) is 7.22. The average Bonchev–Trinajstić information content (AvgIpc) is 3.46. The third kappa shape index (κ3) is 2.86. The number of ketones is 1. The van der Waals surface area contributed by atoms with Crippen molar-refractivity contribution in [2.24, 2.45) is 7.05 Å². The first-order valence-corrected chi connectivity index (χ1v) is 10.9. The van der Waals surface area contributed by atoms with E-state index in [0.717, 1.165) is 64.9 Å². The number of hydrogen-bond acceptors (Lipinski definition) is 4. The lowest BCUT2D eigenvalue weighted by atomic mass is 9.73. The van der Waals surface area contributed by atoms with Crippen molar-refractivity contribution in [2.45, 2.75) is 24.7 Å². The van der Waals surface area contributed by atoms with Gasteiger partial charge in [0, 0.05) is 53.4 Å². The lowest BCUT2D eigenvalue weighted by molar-refractivity contribution is 0.0945. The van der Waals surface area contributed by atoms with E-state index in [0.29, 0.717) is 12.2 Å². The van der Waals surface area contributed by atoms with Crippen molar-refractivity contribution in [3.63, 3.8) is 0 Å². The van der Waals surface area contributed by atoms with Gasteiger partial charge in [-0.1, -0.05) is 12.1 Å². The average molecular weight is 412 g/mol. The van der Waals surface area contributed by atoms with Crippen LogP contribution in [0.25, 0.3) is 33.4 Å². The molecule has 0 bridgehead atoms. The summed E-state index contributed by atoms with van der Waals surface area (Å²) in [6.07, 6.45) is 8.59. The zero-order valence-electron chi connectivity index (χ0n) is 17.9. The van der Waals surface area contributed by atoms with E-state index < -0.39 is 0 Å². The third-order valence-corrected chi connectivity index (χ3v) is 7.18. The number of benzene rings is 1. The predicted molar refractivity (Wildman–Crippen MR) is 121 cm³/mol. The Morgan fingerprint density at radius 1 is 1.03 bits per heavy atom. The zero-order valence-corrected chi connectivity index (χ0v) is 17.9. The first-order chi connectivity index (χ1) is 15.0. The van der Waals surface area contributed by atoms with Gasteiger partial charge in [0.1, 0.15) is 5.65 Å². The van der Waals surface area contributed by atoms with Crippen LogP contribution in [0.15, 0.2) is 48.9 Å². The molecule has 1 fully saturated rings. The molecule has 4 aromatic rings. The lowest BCUT2D eigenvalue weighted by Crippen LogP contribution is -2.39. The number of pyridine rings is 1. The largest absolute Gasteiger partial charge is 0.345 e. The Hall–Kier alpha value is -3.25. The molecule has 1 aliphatic heterocycles. The molecule has 3 aromatic heterocycles. The number of carbonyl (C=O) groups excluding carboxylic acids is 1. The Morgan fingerprint density at radius 2 is 1.87 bits per heavy atom. The van der Waals surface area contributed by atoms with Crippen LogP contribution in [-0.4, -0.2) is 50.6 Å². The zero-order chi connectivity index (χ0) is 21.2. The van der Waals surface area contributed by atoms with Crippen LogP contribution in [0.5, 0.6) is 0 Å². The Kier molecular flexibility index (Phi) is 3.96. The first-order valence-electron chi connectivity index (χ1n) is 10.9. The van der Waals surface area contributed by atoms with Gasteiger partial charge in [0.25, 0.3) is 0 Å². The number of likely N-dealkylation sites (tertiary alicyclic amines) is 1. The van der Waals surface area contributed by atoms with Crippen LogP contribution >= 0.6 is 0 Å². The van der Waals surface area contributed by atoms with Crippen molar-refractivity contribution in [3.05, 3.63) is 60.0 Å². The summed E-state index contributed by atoms with van der Waals surface area (Å²) < 4.78 is 1.78. The highest BCUT2D eigenvalue weighted by molar-refractivity contribution is 6.03. The molecule has 1 aromatic carbocycles. The number of rotatable bonds is 2. The number of piperidine rings is 1. The number of fused-ring (bicyclic) bond motifs is 3. The number of aromatic amines is 1. The van der Waals surface area contributed by atoms with Gasteiger partial charge < -0.3 is 9.88 Å². The number of carbonyl (C=O) groups is 1. The number of aryl methyl sites for hydroxylation is 1. The van der Waals surface area contributed by atoms with Gasteiger partial charge in [-0.25, -0.2) is 4.98 Å². The summed E-state index contributed by atoms with van der Waals surface area (Å²) >= 11 is 0. The number of aromatic nitrogens is 4. The van der Waals surface area contributed by atoms with E-state index >= 15 is 0 Å². The van der Waals surface area contributed by atoms with E-state index in [1.165, 1.54) is 5.56 Å². The van der Waals surface area contributed by atoms with E-state index in [1.807, 2.05) is 37.8 Å². The molecule has 1 spiro atoms. The van der Waals surface area contributed by atoms with Crippen LogP contribution in [0.1, 0.15) is 35.2 Å². The monoisotopic (exact) mass is 411 g/mol. The van der Waals surface area contributed by atoms with Gasteiger partial charge in [-0.3, -0.25) is 9.48 Å². The second kappa shape index (κ2) is 6.62. The Bertz CT molecular complexity index is 1320. The molecule has 6 heteroatoms. The predicted octanol–water partition coefficient (Wildman–Crippen LogP) is 4.18. The first kappa shape index (κ1) is 18.5. The van der Waals surface area contributed by atoms with Gasteiger partial charge in [0.05, 0.1) is 11.9 Å². The number of nitrogens with one attached hydrogen (secondary N) is 1. The van der Waals surface area contributed by atoms with Gasteiger partial charge in [0.15, 0.2) is 5.78 Å². The van der Waals surface area contributed by atoms with E-state index in [2.05, 4.69) is 40.2 Å². The highest BCUT2D eigenvalue weighted by atomic mass is 16.1. The van der Waals surface area contributed by atoms with Crippen LogP contribution in [0, 0.1) is 0 Å². The molecule has 6 nitrogen and oxygen atoms in total. The van der Waals surface area contributed by atoms with Crippen molar-refractivity contribution >= 4 is 16.8 Å². The fraction of sp³-hybridized carbons (Fsp3) is 0.320. The van der Waals surface area contributed by atoms with E-state index in [1.54, 1.807) is 4.68 Å². The van der Waals surface area contributed by atoms with Crippen LogP contribution in [0.2, 0.25) is 0 Å². The van der Waals surface area contributed by atoms with E-state index in [4.69, 9.17) is 4.98 Å². The molecule has 0 unspecified atom stereocenters. The van der Waals surface area contributed by atoms with Crippen molar-refractivity contribution in [3.8, 4) is 22.4 Å². The topological polar surface area (TPSA) is 66.8 Å². The maximum atomic E-state index is 12.8. The van der Waals surface area contributed by atoms with Gasteiger partial charge in [-0.2, -0.15) is 5.10 Å². The molecule has 0 saturated carbocycles.